The number of nitrogens with one attached hydrogen (secondary N) is 1. The van der Waals surface area contributed by atoms with Crippen LogP contribution in [-0.2, 0) is 9.47 Å². The molecule has 1 aliphatic heterocycles. The highest BCUT2D eigenvalue weighted by Gasteiger charge is 2.41. The molecule has 2 aliphatic rings. The molecule has 3 nitrogen and oxygen atoms in total. The van der Waals surface area contributed by atoms with Crippen molar-refractivity contribution in [2.24, 2.45) is 11.8 Å². The van der Waals surface area contributed by atoms with Gasteiger partial charge in [0.25, 0.3) is 0 Å². The van der Waals surface area contributed by atoms with Crippen molar-refractivity contribution in [3.05, 3.63) is 0 Å². The quantitative estimate of drug-likeness (QED) is 0.804. The summed E-state index contributed by atoms with van der Waals surface area (Å²) < 4.78 is 11.4. The van der Waals surface area contributed by atoms with Crippen LogP contribution in [0.25, 0.3) is 0 Å². The number of ether oxygens (including phenoxy) is 2. The highest BCUT2D eigenvalue weighted by Crippen LogP contribution is 2.43. The Labute approximate surface area is 118 Å². The van der Waals surface area contributed by atoms with Crippen LogP contribution in [0, 0.1) is 11.8 Å². The Balaban J connectivity index is 1.90. The third kappa shape index (κ3) is 3.93. The van der Waals surface area contributed by atoms with Gasteiger partial charge in [-0.25, -0.2) is 0 Å². The van der Waals surface area contributed by atoms with Crippen molar-refractivity contribution in [2.45, 2.75) is 63.5 Å². The van der Waals surface area contributed by atoms with Crippen molar-refractivity contribution in [1.82, 2.24) is 5.32 Å². The molecule has 1 heterocycles. The predicted molar refractivity (Wildman–Crippen MR) is 78.4 cm³/mol. The summed E-state index contributed by atoms with van der Waals surface area (Å²) in [5, 5.41) is 3.56. The number of hydrogen-bond donors (Lipinski definition) is 1. The van der Waals surface area contributed by atoms with Crippen molar-refractivity contribution in [2.75, 3.05) is 27.4 Å². The molecule has 1 N–H and O–H groups in total. The first-order chi connectivity index (χ1) is 9.19. The van der Waals surface area contributed by atoms with Gasteiger partial charge in [0.05, 0.1) is 5.60 Å². The van der Waals surface area contributed by atoms with Crippen molar-refractivity contribution in [3.8, 4) is 0 Å². The van der Waals surface area contributed by atoms with E-state index in [2.05, 4.69) is 19.3 Å². The van der Waals surface area contributed by atoms with Gasteiger partial charge in [-0.2, -0.15) is 0 Å². The molecule has 0 radical (unpaired) electrons. The van der Waals surface area contributed by atoms with Gasteiger partial charge in [0.2, 0.25) is 0 Å². The van der Waals surface area contributed by atoms with E-state index in [1.54, 1.807) is 7.11 Å². The zero-order chi connectivity index (χ0) is 13.7. The molecular weight excluding hydrogens is 238 g/mol. The maximum Gasteiger partial charge on any atom is 0.0685 e. The molecule has 112 valence electrons. The van der Waals surface area contributed by atoms with Crippen LogP contribution in [-0.4, -0.2) is 39.0 Å². The molecule has 3 unspecified atom stereocenters. The average molecular weight is 269 g/mol. The molecule has 2 rings (SSSR count). The molecule has 19 heavy (non-hydrogen) atoms. The molecule has 1 spiro atoms. The van der Waals surface area contributed by atoms with Crippen molar-refractivity contribution in [1.29, 1.82) is 0 Å². The van der Waals surface area contributed by atoms with E-state index in [0.717, 1.165) is 19.1 Å². The van der Waals surface area contributed by atoms with Crippen LogP contribution in [0.3, 0.4) is 0 Å². The minimum Gasteiger partial charge on any atom is -0.384 e. The normalized spacial score (nSPS) is 29.5. The Morgan fingerprint density at radius 2 is 2.11 bits per heavy atom. The fraction of sp³-hybridized carbons (Fsp3) is 1.00. The van der Waals surface area contributed by atoms with Gasteiger partial charge in [-0.05, 0) is 51.0 Å². The van der Waals surface area contributed by atoms with E-state index < -0.39 is 0 Å². The predicted octanol–water partition coefficient (Wildman–Crippen LogP) is 2.99. The van der Waals surface area contributed by atoms with Crippen LogP contribution >= 0.6 is 0 Å². The van der Waals surface area contributed by atoms with Crippen molar-refractivity contribution in [3.63, 3.8) is 0 Å². The summed E-state index contributed by atoms with van der Waals surface area (Å²) in [6.45, 7) is 4.12. The van der Waals surface area contributed by atoms with E-state index in [1.165, 1.54) is 44.9 Å². The molecule has 0 aromatic carbocycles. The summed E-state index contributed by atoms with van der Waals surface area (Å²) >= 11 is 0. The first-order valence-corrected chi connectivity index (χ1v) is 7.99. The second-order valence-corrected chi connectivity index (χ2v) is 6.68. The lowest BCUT2D eigenvalue weighted by Gasteiger charge is -2.42. The van der Waals surface area contributed by atoms with E-state index in [4.69, 9.17) is 9.47 Å². The maximum atomic E-state index is 6.15. The van der Waals surface area contributed by atoms with Crippen LogP contribution in [0.4, 0.5) is 0 Å². The molecule has 3 heteroatoms. The van der Waals surface area contributed by atoms with E-state index in [-0.39, 0.29) is 5.60 Å². The monoisotopic (exact) mass is 269 g/mol. The SMILES string of the molecule is CNC(CC(C)COC)C1CCOC2(CCCC2)C1. The second-order valence-electron chi connectivity index (χ2n) is 6.68. The van der Waals surface area contributed by atoms with Gasteiger partial charge < -0.3 is 14.8 Å². The van der Waals surface area contributed by atoms with E-state index >= 15 is 0 Å². The average Bonchev–Trinajstić information content (AvgIpc) is 2.84. The Morgan fingerprint density at radius 3 is 2.74 bits per heavy atom. The van der Waals surface area contributed by atoms with Gasteiger partial charge in [0, 0.05) is 26.4 Å². The largest absolute Gasteiger partial charge is 0.384 e. The fourth-order valence-electron chi connectivity index (χ4n) is 4.11. The maximum absolute atomic E-state index is 6.15. The molecule has 1 saturated carbocycles. The summed E-state index contributed by atoms with van der Waals surface area (Å²) in [5.74, 6) is 1.40. The Kier molecular flexibility index (Phi) is 5.67. The molecule has 1 saturated heterocycles. The zero-order valence-electron chi connectivity index (χ0n) is 12.9. The first-order valence-electron chi connectivity index (χ1n) is 7.99. The third-order valence-corrected chi connectivity index (χ3v) is 5.09. The molecule has 0 amide bonds. The summed E-state index contributed by atoms with van der Waals surface area (Å²) in [7, 11) is 3.91. The molecule has 1 aliphatic carbocycles. The summed E-state index contributed by atoms with van der Waals surface area (Å²) in [6.07, 6.45) is 8.98. The molecule has 0 aromatic rings. The molecular formula is C16H31NO2. The Bertz CT molecular complexity index is 263. The summed E-state index contributed by atoms with van der Waals surface area (Å²) in [6, 6.07) is 0.617. The molecule has 2 fully saturated rings. The summed E-state index contributed by atoms with van der Waals surface area (Å²) in [5.41, 5.74) is 0.239. The van der Waals surface area contributed by atoms with Gasteiger partial charge in [-0.3, -0.25) is 0 Å². The zero-order valence-corrected chi connectivity index (χ0v) is 12.9. The topological polar surface area (TPSA) is 30.5 Å². The Hall–Kier alpha value is -0.120. The smallest absolute Gasteiger partial charge is 0.0685 e. The van der Waals surface area contributed by atoms with E-state index in [9.17, 15) is 0 Å². The molecule has 0 aromatic heterocycles. The highest BCUT2D eigenvalue weighted by atomic mass is 16.5. The van der Waals surface area contributed by atoms with Gasteiger partial charge in [-0.1, -0.05) is 19.8 Å². The van der Waals surface area contributed by atoms with Gasteiger partial charge in [-0.15, -0.1) is 0 Å². The van der Waals surface area contributed by atoms with Crippen LogP contribution in [0.1, 0.15) is 51.9 Å². The lowest BCUT2D eigenvalue weighted by molar-refractivity contribution is -0.0987. The molecule has 3 atom stereocenters. The van der Waals surface area contributed by atoms with Crippen LogP contribution in [0.5, 0.6) is 0 Å². The van der Waals surface area contributed by atoms with Crippen LogP contribution in [0.15, 0.2) is 0 Å². The Morgan fingerprint density at radius 1 is 1.37 bits per heavy atom. The van der Waals surface area contributed by atoms with Crippen LogP contribution < -0.4 is 5.32 Å². The minimum absolute atomic E-state index is 0.239. The third-order valence-electron chi connectivity index (χ3n) is 5.09. The van der Waals surface area contributed by atoms with Gasteiger partial charge >= 0.3 is 0 Å². The molecule has 0 bridgehead atoms. The summed E-state index contributed by atoms with van der Waals surface area (Å²) in [4.78, 5) is 0. The number of rotatable bonds is 6. The standard InChI is InChI=1S/C16H31NO2/c1-13(12-18-3)10-15(17-2)14-6-9-19-16(11-14)7-4-5-8-16/h13-15,17H,4-12H2,1-3H3. The van der Waals surface area contributed by atoms with Crippen molar-refractivity contribution >= 4 is 0 Å². The van der Waals surface area contributed by atoms with Crippen LogP contribution in [0.2, 0.25) is 0 Å². The highest BCUT2D eigenvalue weighted by molar-refractivity contribution is 4.94. The van der Waals surface area contributed by atoms with Crippen molar-refractivity contribution < 1.29 is 9.47 Å². The van der Waals surface area contributed by atoms with E-state index in [0.29, 0.717) is 12.0 Å². The first kappa shape index (κ1) is 15.3. The lowest BCUT2D eigenvalue weighted by atomic mass is 9.78. The second kappa shape index (κ2) is 7.05. The van der Waals surface area contributed by atoms with Gasteiger partial charge in [0.1, 0.15) is 0 Å². The van der Waals surface area contributed by atoms with E-state index in [1.807, 2.05) is 0 Å². The van der Waals surface area contributed by atoms with Gasteiger partial charge in [0.15, 0.2) is 0 Å². The number of methoxy groups -OCH3 is 1. The number of hydrogen-bond acceptors (Lipinski definition) is 3. The minimum atomic E-state index is 0.239. The lowest BCUT2D eigenvalue weighted by Crippen LogP contribution is -2.45. The fourth-order valence-corrected chi connectivity index (χ4v) is 4.11.